The quantitative estimate of drug-likeness (QED) is 0.341. The van der Waals surface area contributed by atoms with Crippen molar-refractivity contribution >= 4 is 28.6 Å². The second kappa shape index (κ2) is 9.19. The van der Waals surface area contributed by atoms with Crippen molar-refractivity contribution in [2.75, 3.05) is 5.75 Å². The summed E-state index contributed by atoms with van der Waals surface area (Å²) in [7, 11) is 0. The molecular formula is C26H22FN3O2S. The number of thioether (sulfide) groups is 1. The molecule has 0 unspecified atom stereocenters. The molecule has 0 aliphatic heterocycles. The zero-order chi connectivity index (χ0) is 22.8. The fraction of sp³-hybridized carbons (Fsp3) is 0.192. The number of amides is 1. The predicted molar refractivity (Wildman–Crippen MR) is 128 cm³/mol. The monoisotopic (exact) mass is 459 g/mol. The summed E-state index contributed by atoms with van der Waals surface area (Å²) in [5, 5.41) is 4.09. The Morgan fingerprint density at radius 1 is 1.06 bits per heavy atom. The molecule has 1 amide bonds. The number of aromatic nitrogens is 2. The molecule has 0 fully saturated rings. The van der Waals surface area contributed by atoms with E-state index in [2.05, 4.69) is 22.4 Å². The Balaban J connectivity index is 1.38. The summed E-state index contributed by atoms with van der Waals surface area (Å²) in [6.45, 7) is 0.247. The van der Waals surface area contributed by atoms with Gasteiger partial charge < -0.3 is 5.32 Å². The van der Waals surface area contributed by atoms with Crippen LogP contribution in [-0.4, -0.2) is 21.2 Å². The van der Waals surface area contributed by atoms with Gasteiger partial charge in [-0.1, -0.05) is 60.3 Å². The molecule has 0 saturated carbocycles. The van der Waals surface area contributed by atoms with Gasteiger partial charge in [-0.2, -0.15) is 0 Å². The van der Waals surface area contributed by atoms with E-state index in [-0.39, 0.29) is 35.6 Å². The predicted octanol–water partition coefficient (Wildman–Crippen LogP) is 4.48. The van der Waals surface area contributed by atoms with Crippen LogP contribution in [0.25, 0.3) is 10.9 Å². The van der Waals surface area contributed by atoms with Crippen molar-refractivity contribution < 1.29 is 9.18 Å². The average molecular weight is 460 g/mol. The maximum Gasteiger partial charge on any atom is 0.262 e. The number of halogens is 1. The van der Waals surface area contributed by atoms with Crippen LogP contribution in [0.5, 0.6) is 0 Å². The van der Waals surface area contributed by atoms with Crippen molar-refractivity contribution in [2.45, 2.75) is 30.6 Å². The van der Waals surface area contributed by atoms with Crippen LogP contribution in [0.15, 0.2) is 82.7 Å². The molecule has 1 N–H and O–H groups in total. The fourth-order valence-electron chi connectivity index (χ4n) is 4.24. The van der Waals surface area contributed by atoms with E-state index < -0.39 is 0 Å². The lowest BCUT2D eigenvalue weighted by Crippen LogP contribution is -2.29. The van der Waals surface area contributed by atoms with Crippen molar-refractivity contribution in [3.05, 3.63) is 106 Å². The van der Waals surface area contributed by atoms with Crippen LogP contribution in [0.2, 0.25) is 0 Å². The topological polar surface area (TPSA) is 64.0 Å². The Morgan fingerprint density at radius 2 is 1.82 bits per heavy atom. The van der Waals surface area contributed by atoms with E-state index in [1.165, 1.54) is 35.0 Å². The van der Waals surface area contributed by atoms with Gasteiger partial charge in [-0.3, -0.25) is 14.2 Å². The number of rotatable bonds is 6. The van der Waals surface area contributed by atoms with E-state index in [1.54, 1.807) is 34.9 Å². The van der Waals surface area contributed by atoms with E-state index in [9.17, 15) is 14.0 Å². The van der Waals surface area contributed by atoms with Crippen molar-refractivity contribution in [3.8, 4) is 0 Å². The van der Waals surface area contributed by atoms with Gasteiger partial charge >= 0.3 is 0 Å². The molecule has 4 aromatic rings. The van der Waals surface area contributed by atoms with Crippen LogP contribution >= 0.6 is 11.8 Å². The zero-order valence-corrected chi connectivity index (χ0v) is 18.6. The highest BCUT2D eigenvalue weighted by molar-refractivity contribution is 7.99. The van der Waals surface area contributed by atoms with Gasteiger partial charge in [0.1, 0.15) is 5.82 Å². The first-order valence-electron chi connectivity index (χ1n) is 10.8. The second-order valence-corrected chi connectivity index (χ2v) is 9.02. The number of carbonyl (C=O) groups is 1. The van der Waals surface area contributed by atoms with Crippen molar-refractivity contribution in [2.24, 2.45) is 0 Å². The molecule has 1 atom stereocenters. The van der Waals surface area contributed by atoms with Crippen molar-refractivity contribution in [1.29, 1.82) is 0 Å². The van der Waals surface area contributed by atoms with Gasteiger partial charge in [-0.25, -0.2) is 9.37 Å². The van der Waals surface area contributed by atoms with Crippen LogP contribution in [0, 0.1) is 5.82 Å². The first kappa shape index (κ1) is 21.4. The minimum atomic E-state index is -0.331. The SMILES string of the molecule is O=C(CSc1nc2ccccc2c(=O)n1Cc1ccc(F)cc1)N[C@@H]1CCc2ccccc21. The number of fused-ring (bicyclic) bond motifs is 2. The summed E-state index contributed by atoms with van der Waals surface area (Å²) < 4.78 is 14.9. The van der Waals surface area contributed by atoms with Gasteiger partial charge in [0.15, 0.2) is 5.16 Å². The first-order chi connectivity index (χ1) is 16.1. The molecule has 7 heteroatoms. The fourth-order valence-corrected chi connectivity index (χ4v) is 5.05. The summed E-state index contributed by atoms with van der Waals surface area (Å²) >= 11 is 1.24. The van der Waals surface area contributed by atoms with E-state index >= 15 is 0 Å². The van der Waals surface area contributed by atoms with E-state index in [1.807, 2.05) is 18.2 Å². The third kappa shape index (κ3) is 4.54. The smallest absolute Gasteiger partial charge is 0.262 e. The third-order valence-corrected chi connectivity index (χ3v) is 6.86. The van der Waals surface area contributed by atoms with Gasteiger partial charge in [0.2, 0.25) is 5.91 Å². The number of aryl methyl sites for hydroxylation is 1. The molecule has 166 valence electrons. The second-order valence-electron chi connectivity index (χ2n) is 8.08. The van der Waals surface area contributed by atoms with E-state index in [0.717, 1.165) is 18.4 Å². The van der Waals surface area contributed by atoms with Gasteiger partial charge in [-0.15, -0.1) is 0 Å². The minimum Gasteiger partial charge on any atom is -0.349 e. The Labute approximate surface area is 194 Å². The average Bonchev–Trinajstić information content (AvgIpc) is 3.24. The Bertz CT molecular complexity index is 1380. The van der Waals surface area contributed by atoms with Crippen LogP contribution in [-0.2, 0) is 17.8 Å². The lowest BCUT2D eigenvalue weighted by molar-refractivity contribution is -0.119. The highest BCUT2D eigenvalue weighted by Crippen LogP contribution is 2.31. The lowest BCUT2D eigenvalue weighted by Gasteiger charge is -2.15. The summed E-state index contributed by atoms with van der Waals surface area (Å²) in [5.74, 6) is -0.285. The van der Waals surface area contributed by atoms with Crippen LogP contribution in [0.1, 0.15) is 29.2 Å². The van der Waals surface area contributed by atoms with Crippen LogP contribution in [0.3, 0.4) is 0 Å². The normalized spacial score (nSPS) is 14.9. The molecule has 33 heavy (non-hydrogen) atoms. The first-order valence-corrected chi connectivity index (χ1v) is 11.8. The number of nitrogens with zero attached hydrogens (tertiary/aromatic N) is 2. The molecular weight excluding hydrogens is 437 g/mol. The highest BCUT2D eigenvalue weighted by atomic mass is 32.2. The van der Waals surface area contributed by atoms with E-state index in [0.29, 0.717) is 16.1 Å². The van der Waals surface area contributed by atoms with Gasteiger partial charge in [0, 0.05) is 0 Å². The molecule has 1 aliphatic rings. The Hall–Kier alpha value is -3.45. The lowest BCUT2D eigenvalue weighted by atomic mass is 10.1. The van der Waals surface area contributed by atoms with Gasteiger partial charge in [-0.05, 0) is 53.8 Å². The maximum absolute atomic E-state index is 13.3. The molecule has 0 radical (unpaired) electrons. The van der Waals surface area contributed by atoms with Gasteiger partial charge in [0.25, 0.3) is 5.56 Å². The Morgan fingerprint density at radius 3 is 2.67 bits per heavy atom. The summed E-state index contributed by atoms with van der Waals surface area (Å²) in [6.07, 6.45) is 1.84. The molecule has 0 saturated heterocycles. The molecule has 0 bridgehead atoms. The molecule has 3 aromatic carbocycles. The molecule has 1 heterocycles. The number of hydrogen-bond donors (Lipinski definition) is 1. The maximum atomic E-state index is 13.3. The summed E-state index contributed by atoms with van der Waals surface area (Å²) in [5.41, 5.74) is 3.64. The van der Waals surface area contributed by atoms with Gasteiger partial charge in [0.05, 0.1) is 29.2 Å². The summed E-state index contributed by atoms with van der Waals surface area (Å²) in [4.78, 5) is 30.6. The van der Waals surface area contributed by atoms with Crippen molar-refractivity contribution in [3.63, 3.8) is 0 Å². The van der Waals surface area contributed by atoms with Crippen molar-refractivity contribution in [1.82, 2.24) is 14.9 Å². The minimum absolute atomic E-state index is 0.0141. The van der Waals surface area contributed by atoms with Crippen LogP contribution < -0.4 is 10.9 Å². The third-order valence-electron chi connectivity index (χ3n) is 5.88. The summed E-state index contributed by atoms with van der Waals surface area (Å²) in [6, 6.07) is 21.4. The number of hydrogen-bond acceptors (Lipinski definition) is 4. The Kier molecular flexibility index (Phi) is 5.96. The highest BCUT2D eigenvalue weighted by Gasteiger charge is 2.23. The number of benzene rings is 3. The molecule has 5 nitrogen and oxygen atoms in total. The number of para-hydroxylation sites is 1. The number of carbonyl (C=O) groups excluding carboxylic acids is 1. The van der Waals surface area contributed by atoms with Crippen LogP contribution in [0.4, 0.5) is 4.39 Å². The zero-order valence-electron chi connectivity index (χ0n) is 17.8. The van der Waals surface area contributed by atoms with E-state index in [4.69, 9.17) is 0 Å². The standard InChI is InChI=1S/C26H22FN3O2S/c27-19-12-9-17(10-13-19)15-30-25(32)21-7-3-4-8-22(21)29-26(30)33-16-24(31)28-23-14-11-18-5-1-2-6-20(18)23/h1-10,12-13,23H,11,14-16H2,(H,28,31)/t23-/m1/s1. The molecule has 5 rings (SSSR count). The molecule has 0 spiro atoms. The molecule has 1 aliphatic carbocycles. The molecule has 1 aromatic heterocycles. The largest absolute Gasteiger partial charge is 0.349 e. The number of nitrogens with one attached hydrogen (secondary N) is 1.